The van der Waals surface area contributed by atoms with Crippen molar-refractivity contribution < 1.29 is 14.3 Å². The maximum atomic E-state index is 13.0. The minimum Gasteiger partial charge on any atom is -0.444 e. The highest BCUT2D eigenvalue weighted by atomic mass is 16.6. The van der Waals surface area contributed by atoms with Crippen LogP contribution in [0.1, 0.15) is 53.0 Å². The topological polar surface area (TPSA) is 70.4 Å². The fraction of sp³-hybridized carbons (Fsp3) is 0.609. The standard InChI is InChI=1S/C23H30N2O3/c1-21(2,3)28-20(27)25-12-11-18-22(4,5)19(26)16(14-24)13-23(18,15-25)17-9-7-6-8-10-17/h6-10,16,18H,11-13,15H2,1-5H3/t16?,18-,23?/m0/s1. The minimum absolute atomic E-state index is 0.0253. The van der Waals surface area contributed by atoms with Crippen molar-refractivity contribution >= 4 is 11.9 Å². The number of benzene rings is 1. The Hall–Kier alpha value is -2.35. The Morgan fingerprint density at radius 3 is 2.46 bits per heavy atom. The summed E-state index contributed by atoms with van der Waals surface area (Å²) in [5.41, 5.74) is -0.526. The summed E-state index contributed by atoms with van der Waals surface area (Å²) in [6, 6.07) is 12.3. The van der Waals surface area contributed by atoms with Crippen LogP contribution in [0.4, 0.5) is 4.79 Å². The number of piperidine rings is 1. The molecule has 1 saturated carbocycles. The Labute approximate surface area is 167 Å². The molecule has 1 heterocycles. The number of ketones is 1. The Morgan fingerprint density at radius 2 is 1.89 bits per heavy atom. The molecular weight excluding hydrogens is 352 g/mol. The van der Waals surface area contributed by atoms with Crippen LogP contribution in [0, 0.1) is 28.6 Å². The lowest BCUT2D eigenvalue weighted by Gasteiger charge is -2.57. The van der Waals surface area contributed by atoms with Crippen LogP contribution in [-0.2, 0) is 14.9 Å². The first kappa shape index (κ1) is 20.4. The van der Waals surface area contributed by atoms with Gasteiger partial charge in [0.2, 0.25) is 0 Å². The minimum atomic E-state index is -0.662. The van der Waals surface area contributed by atoms with Crippen LogP contribution < -0.4 is 0 Å². The number of fused-ring (bicyclic) bond motifs is 1. The Kier molecular flexibility index (Phi) is 5.04. The molecule has 2 unspecified atom stereocenters. The molecule has 2 fully saturated rings. The number of hydrogen-bond donors (Lipinski definition) is 0. The normalized spacial score (nSPS) is 29.6. The van der Waals surface area contributed by atoms with Gasteiger partial charge >= 0.3 is 6.09 Å². The molecule has 1 aromatic carbocycles. The number of amides is 1. The molecule has 28 heavy (non-hydrogen) atoms. The molecule has 1 aromatic rings. The van der Waals surface area contributed by atoms with E-state index < -0.39 is 22.3 Å². The van der Waals surface area contributed by atoms with Crippen LogP contribution >= 0.6 is 0 Å². The first-order valence-corrected chi connectivity index (χ1v) is 9.99. The SMILES string of the molecule is CC(C)(C)OC(=O)N1CC[C@H]2C(C)(C)C(=O)C(C#N)CC2(c2ccccc2)C1. The van der Waals surface area contributed by atoms with E-state index in [1.165, 1.54) is 0 Å². The molecule has 3 rings (SSSR count). The van der Waals surface area contributed by atoms with Crippen LogP contribution in [0.2, 0.25) is 0 Å². The highest BCUT2D eigenvalue weighted by molar-refractivity contribution is 5.90. The van der Waals surface area contributed by atoms with Gasteiger partial charge in [0.1, 0.15) is 11.5 Å². The zero-order chi connectivity index (χ0) is 20.7. The van der Waals surface area contributed by atoms with Crippen LogP contribution in [0.25, 0.3) is 0 Å². The molecule has 150 valence electrons. The molecule has 0 spiro atoms. The van der Waals surface area contributed by atoms with Gasteiger partial charge in [-0.1, -0.05) is 44.2 Å². The number of ether oxygens (including phenoxy) is 1. The maximum absolute atomic E-state index is 13.0. The van der Waals surface area contributed by atoms with Crippen molar-refractivity contribution in [1.29, 1.82) is 5.26 Å². The van der Waals surface area contributed by atoms with E-state index in [9.17, 15) is 14.9 Å². The lowest BCUT2D eigenvalue weighted by molar-refractivity contribution is -0.144. The van der Waals surface area contributed by atoms with Crippen molar-refractivity contribution in [3.05, 3.63) is 35.9 Å². The molecule has 0 aromatic heterocycles. The van der Waals surface area contributed by atoms with E-state index >= 15 is 0 Å². The predicted molar refractivity (Wildman–Crippen MR) is 107 cm³/mol. The second-order valence-corrected chi connectivity index (χ2v) is 9.74. The maximum Gasteiger partial charge on any atom is 0.410 e. The van der Waals surface area contributed by atoms with Gasteiger partial charge in [-0.25, -0.2) is 4.79 Å². The van der Waals surface area contributed by atoms with Crippen molar-refractivity contribution in [2.45, 2.75) is 58.5 Å². The number of nitriles is 1. The van der Waals surface area contributed by atoms with Crippen LogP contribution in [-0.4, -0.2) is 35.5 Å². The number of Topliss-reactive ketones (excluding diaryl/α,β-unsaturated/α-hetero) is 1. The van der Waals surface area contributed by atoms with Crippen molar-refractivity contribution in [3.8, 4) is 6.07 Å². The fourth-order valence-electron chi connectivity index (χ4n) is 5.19. The zero-order valence-corrected chi connectivity index (χ0v) is 17.5. The summed E-state index contributed by atoms with van der Waals surface area (Å²) >= 11 is 0. The Morgan fingerprint density at radius 1 is 1.25 bits per heavy atom. The highest BCUT2D eigenvalue weighted by Gasteiger charge is 2.60. The number of carbonyl (C=O) groups is 2. The summed E-state index contributed by atoms with van der Waals surface area (Å²) in [7, 11) is 0. The van der Waals surface area contributed by atoms with Gasteiger partial charge in [-0.05, 0) is 45.1 Å². The van der Waals surface area contributed by atoms with Crippen LogP contribution in [0.15, 0.2) is 30.3 Å². The van der Waals surface area contributed by atoms with Crippen molar-refractivity contribution in [2.75, 3.05) is 13.1 Å². The van der Waals surface area contributed by atoms with Crippen LogP contribution in [0.5, 0.6) is 0 Å². The van der Waals surface area contributed by atoms with Gasteiger partial charge < -0.3 is 9.64 Å². The van der Waals surface area contributed by atoms with Crippen molar-refractivity contribution in [1.82, 2.24) is 4.90 Å². The summed E-state index contributed by atoms with van der Waals surface area (Å²) in [6.45, 7) is 10.5. The van der Waals surface area contributed by atoms with Gasteiger partial charge in [0.05, 0.1) is 6.07 Å². The summed E-state index contributed by atoms with van der Waals surface area (Å²) < 4.78 is 5.62. The smallest absolute Gasteiger partial charge is 0.410 e. The van der Waals surface area contributed by atoms with Gasteiger partial charge in [-0.3, -0.25) is 4.79 Å². The Balaban J connectivity index is 2.06. The van der Waals surface area contributed by atoms with Gasteiger partial charge in [-0.2, -0.15) is 5.26 Å². The second-order valence-electron chi connectivity index (χ2n) is 9.74. The first-order valence-electron chi connectivity index (χ1n) is 9.99. The van der Waals surface area contributed by atoms with E-state index in [0.717, 1.165) is 5.56 Å². The van der Waals surface area contributed by atoms with E-state index in [4.69, 9.17) is 4.74 Å². The average molecular weight is 383 g/mol. The van der Waals surface area contributed by atoms with Gasteiger partial charge in [0.25, 0.3) is 0 Å². The van der Waals surface area contributed by atoms with E-state index in [2.05, 4.69) is 18.2 Å². The quantitative estimate of drug-likeness (QED) is 0.725. The number of hydrogen-bond acceptors (Lipinski definition) is 4. The monoisotopic (exact) mass is 382 g/mol. The van der Waals surface area contributed by atoms with E-state index in [1.807, 2.05) is 52.8 Å². The van der Waals surface area contributed by atoms with E-state index in [-0.39, 0.29) is 17.8 Å². The molecule has 0 radical (unpaired) electrons. The molecular formula is C23H30N2O3. The average Bonchev–Trinajstić information content (AvgIpc) is 2.64. The number of rotatable bonds is 1. The van der Waals surface area contributed by atoms with Gasteiger partial charge in [0.15, 0.2) is 5.78 Å². The molecule has 0 N–H and O–H groups in total. The third kappa shape index (κ3) is 3.41. The number of likely N-dealkylation sites (tertiary alicyclic amines) is 1. The molecule has 2 aliphatic rings. The summed E-state index contributed by atoms with van der Waals surface area (Å²) in [5, 5.41) is 9.70. The zero-order valence-electron chi connectivity index (χ0n) is 17.5. The van der Waals surface area contributed by atoms with E-state index in [0.29, 0.717) is 25.9 Å². The molecule has 5 heteroatoms. The van der Waals surface area contributed by atoms with Crippen molar-refractivity contribution in [3.63, 3.8) is 0 Å². The van der Waals surface area contributed by atoms with E-state index in [1.54, 1.807) is 4.90 Å². The number of carbonyl (C=O) groups excluding carboxylic acids is 2. The predicted octanol–water partition coefficient (Wildman–Crippen LogP) is 4.32. The lowest BCUT2D eigenvalue weighted by atomic mass is 9.48. The Bertz CT molecular complexity index is 803. The molecule has 1 aliphatic carbocycles. The molecule has 0 bridgehead atoms. The van der Waals surface area contributed by atoms with Crippen LogP contribution in [0.3, 0.4) is 0 Å². The fourth-order valence-corrected chi connectivity index (χ4v) is 5.19. The van der Waals surface area contributed by atoms with Crippen molar-refractivity contribution in [2.24, 2.45) is 17.3 Å². The molecule has 3 atom stereocenters. The molecule has 5 nitrogen and oxygen atoms in total. The van der Waals surface area contributed by atoms with Gasteiger partial charge in [-0.15, -0.1) is 0 Å². The highest BCUT2D eigenvalue weighted by Crippen LogP contribution is 2.56. The number of nitrogens with zero attached hydrogens (tertiary/aromatic N) is 2. The third-order valence-corrected chi connectivity index (χ3v) is 6.38. The second kappa shape index (κ2) is 6.92. The van der Waals surface area contributed by atoms with Gasteiger partial charge in [0, 0.05) is 23.9 Å². The molecule has 1 aliphatic heterocycles. The summed E-state index contributed by atoms with van der Waals surface area (Å²) in [5.74, 6) is -0.569. The summed E-state index contributed by atoms with van der Waals surface area (Å²) in [4.78, 5) is 27.6. The first-order chi connectivity index (χ1) is 13.0. The third-order valence-electron chi connectivity index (χ3n) is 6.38. The molecule has 1 amide bonds. The lowest BCUT2D eigenvalue weighted by Crippen LogP contribution is -2.63. The largest absolute Gasteiger partial charge is 0.444 e. The summed E-state index contributed by atoms with van der Waals surface area (Å²) in [6.07, 6.45) is 0.828. The molecule has 1 saturated heterocycles.